The fourth-order valence-corrected chi connectivity index (χ4v) is 1.72. The summed E-state index contributed by atoms with van der Waals surface area (Å²) in [6.07, 6.45) is -0.0416. The number of phenols is 1. The molecule has 0 aliphatic heterocycles. The Hall–Kier alpha value is -2.29. The molecule has 0 saturated carbocycles. The lowest BCUT2D eigenvalue weighted by atomic mass is 10.0. The van der Waals surface area contributed by atoms with Gasteiger partial charge < -0.3 is 10.2 Å². The number of carbonyl (C=O) groups is 1. The van der Waals surface area contributed by atoms with Gasteiger partial charge in [0.2, 0.25) is 0 Å². The fraction of sp³-hybridized carbons (Fsp3) is 0.0714. The highest BCUT2D eigenvalue weighted by Crippen LogP contribution is 2.29. The Labute approximate surface area is 99.0 Å². The van der Waals surface area contributed by atoms with Crippen molar-refractivity contribution < 1.29 is 15.0 Å². The van der Waals surface area contributed by atoms with Crippen LogP contribution in [0.2, 0.25) is 0 Å². The van der Waals surface area contributed by atoms with E-state index in [9.17, 15) is 9.90 Å². The molecule has 2 aromatic carbocycles. The summed E-state index contributed by atoms with van der Waals surface area (Å²) in [7, 11) is 0. The van der Waals surface area contributed by atoms with Gasteiger partial charge in [-0.2, -0.15) is 0 Å². The van der Waals surface area contributed by atoms with Crippen molar-refractivity contribution in [2.45, 2.75) is 6.42 Å². The first-order chi connectivity index (χ1) is 8.16. The van der Waals surface area contributed by atoms with Crippen molar-refractivity contribution in [3.8, 4) is 16.9 Å². The molecule has 2 N–H and O–H groups in total. The van der Waals surface area contributed by atoms with Gasteiger partial charge in [0.05, 0.1) is 6.42 Å². The molecule has 0 radical (unpaired) electrons. The summed E-state index contributed by atoms with van der Waals surface area (Å²) in [5.41, 5.74) is 2.20. The van der Waals surface area contributed by atoms with Crippen molar-refractivity contribution >= 4 is 5.97 Å². The van der Waals surface area contributed by atoms with Crippen molar-refractivity contribution in [2.75, 3.05) is 0 Å². The Morgan fingerprint density at radius 1 is 1.06 bits per heavy atom. The van der Waals surface area contributed by atoms with E-state index in [1.807, 2.05) is 30.3 Å². The molecule has 0 heterocycles. The Morgan fingerprint density at radius 2 is 1.76 bits per heavy atom. The number of rotatable bonds is 3. The lowest BCUT2D eigenvalue weighted by Gasteiger charge is -2.06. The first kappa shape index (κ1) is 11.2. The van der Waals surface area contributed by atoms with Gasteiger partial charge in [-0.05, 0) is 23.3 Å². The van der Waals surface area contributed by atoms with Crippen LogP contribution in [0.1, 0.15) is 5.56 Å². The van der Waals surface area contributed by atoms with Crippen LogP contribution in [0.25, 0.3) is 11.1 Å². The summed E-state index contributed by atoms with van der Waals surface area (Å²) in [6, 6.07) is 14.2. The van der Waals surface area contributed by atoms with Gasteiger partial charge in [0.1, 0.15) is 5.75 Å². The van der Waals surface area contributed by atoms with Gasteiger partial charge in [-0.3, -0.25) is 4.79 Å². The third-order valence-electron chi connectivity index (χ3n) is 2.50. The first-order valence-electron chi connectivity index (χ1n) is 5.26. The minimum absolute atomic E-state index is 0.0416. The molecule has 3 nitrogen and oxygen atoms in total. The van der Waals surface area contributed by atoms with E-state index in [2.05, 4.69) is 0 Å². The van der Waals surface area contributed by atoms with E-state index in [1.54, 1.807) is 12.1 Å². The number of hydrogen-bond acceptors (Lipinski definition) is 2. The van der Waals surface area contributed by atoms with Crippen molar-refractivity contribution in [3.63, 3.8) is 0 Å². The van der Waals surface area contributed by atoms with Crippen LogP contribution in [0.3, 0.4) is 0 Å². The van der Waals surface area contributed by atoms with Gasteiger partial charge in [0.25, 0.3) is 0 Å². The Kier molecular flexibility index (Phi) is 3.10. The van der Waals surface area contributed by atoms with Crippen LogP contribution in [-0.4, -0.2) is 16.2 Å². The fourth-order valence-electron chi connectivity index (χ4n) is 1.72. The molecule has 3 heteroatoms. The van der Waals surface area contributed by atoms with Crippen LogP contribution in [0.15, 0.2) is 48.5 Å². The second-order valence-corrected chi connectivity index (χ2v) is 3.79. The predicted octanol–water partition coefficient (Wildman–Crippen LogP) is 2.69. The number of aliphatic carboxylic acids is 1. The number of phenolic OH excluding ortho intramolecular Hbond substituents is 1. The van der Waals surface area contributed by atoms with Gasteiger partial charge in [-0.1, -0.05) is 36.4 Å². The monoisotopic (exact) mass is 228 g/mol. The van der Waals surface area contributed by atoms with Gasteiger partial charge in [-0.25, -0.2) is 0 Å². The summed E-state index contributed by atoms with van der Waals surface area (Å²) >= 11 is 0. The molecule has 17 heavy (non-hydrogen) atoms. The Balaban J connectivity index is 2.43. The summed E-state index contributed by atoms with van der Waals surface area (Å²) in [4.78, 5) is 10.6. The molecule has 0 aromatic heterocycles. The van der Waals surface area contributed by atoms with Crippen molar-refractivity contribution in [2.24, 2.45) is 0 Å². The summed E-state index contributed by atoms with van der Waals surface area (Å²) in [5.74, 6) is -0.722. The van der Waals surface area contributed by atoms with Gasteiger partial charge in [0.15, 0.2) is 0 Å². The molecule has 0 bridgehead atoms. The molecule has 0 aliphatic rings. The SMILES string of the molecule is O=C(O)Cc1ccc(O)c(-c2ccccc2)c1. The molecule has 2 aromatic rings. The summed E-state index contributed by atoms with van der Waals surface area (Å²) < 4.78 is 0. The molecule has 0 fully saturated rings. The van der Waals surface area contributed by atoms with Gasteiger partial charge in [0, 0.05) is 5.56 Å². The van der Waals surface area contributed by atoms with Crippen LogP contribution in [0.4, 0.5) is 0 Å². The highest BCUT2D eigenvalue weighted by molar-refractivity contribution is 5.74. The second kappa shape index (κ2) is 4.70. The lowest BCUT2D eigenvalue weighted by Crippen LogP contribution is -1.99. The second-order valence-electron chi connectivity index (χ2n) is 3.79. The highest BCUT2D eigenvalue weighted by Gasteiger charge is 2.07. The number of carboxylic acids is 1. The number of benzene rings is 2. The van der Waals surface area contributed by atoms with E-state index in [0.29, 0.717) is 11.1 Å². The van der Waals surface area contributed by atoms with E-state index in [1.165, 1.54) is 6.07 Å². The number of aromatic hydroxyl groups is 1. The Morgan fingerprint density at radius 3 is 2.41 bits per heavy atom. The van der Waals surface area contributed by atoms with Crippen LogP contribution in [-0.2, 0) is 11.2 Å². The molecule has 0 amide bonds. The zero-order valence-electron chi connectivity index (χ0n) is 9.13. The van der Waals surface area contributed by atoms with Crippen molar-refractivity contribution in [3.05, 3.63) is 54.1 Å². The molecule has 0 aliphatic carbocycles. The van der Waals surface area contributed by atoms with E-state index in [-0.39, 0.29) is 12.2 Å². The van der Waals surface area contributed by atoms with Crippen molar-refractivity contribution in [1.82, 2.24) is 0 Å². The smallest absolute Gasteiger partial charge is 0.307 e. The predicted molar refractivity (Wildman–Crippen MR) is 64.9 cm³/mol. The van der Waals surface area contributed by atoms with Gasteiger partial charge in [-0.15, -0.1) is 0 Å². The van der Waals surface area contributed by atoms with E-state index >= 15 is 0 Å². The highest BCUT2D eigenvalue weighted by atomic mass is 16.4. The van der Waals surface area contributed by atoms with E-state index < -0.39 is 5.97 Å². The van der Waals surface area contributed by atoms with Crippen LogP contribution in [0, 0.1) is 0 Å². The molecule has 0 unspecified atom stereocenters. The third-order valence-corrected chi connectivity index (χ3v) is 2.50. The largest absolute Gasteiger partial charge is 0.507 e. The van der Waals surface area contributed by atoms with Gasteiger partial charge >= 0.3 is 5.97 Å². The molecular formula is C14H12O3. The standard InChI is InChI=1S/C14H12O3/c15-13-7-6-10(9-14(16)17)8-12(13)11-4-2-1-3-5-11/h1-8,15H,9H2,(H,16,17). The maximum Gasteiger partial charge on any atom is 0.307 e. The maximum atomic E-state index is 10.6. The topological polar surface area (TPSA) is 57.5 Å². The van der Waals surface area contributed by atoms with Crippen LogP contribution >= 0.6 is 0 Å². The molecule has 0 saturated heterocycles. The minimum atomic E-state index is -0.880. The van der Waals surface area contributed by atoms with E-state index in [4.69, 9.17) is 5.11 Å². The lowest BCUT2D eigenvalue weighted by molar-refractivity contribution is -0.136. The van der Waals surface area contributed by atoms with E-state index in [0.717, 1.165) is 5.56 Å². The molecule has 0 atom stereocenters. The molecule has 2 rings (SSSR count). The number of hydrogen-bond donors (Lipinski definition) is 2. The first-order valence-corrected chi connectivity index (χ1v) is 5.26. The quantitative estimate of drug-likeness (QED) is 0.849. The zero-order valence-corrected chi connectivity index (χ0v) is 9.13. The third kappa shape index (κ3) is 2.64. The molecule has 0 spiro atoms. The normalized spacial score (nSPS) is 10.1. The molecular weight excluding hydrogens is 216 g/mol. The Bertz CT molecular complexity index is 532. The van der Waals surface area contributed by atoms with Crippen LogP contribution in [0.5, 0.6) is 5.75 Å². The summed E-state index contributed by atoms with van der Waals surface area (Å²) in [6.45, 7) is 0. The maximum absolute atomic E-state index is 10.6. The van der Waals surface area contributed by atoms with Crippen LogP contribution < -0.4 is 0 Å². The minimum Gasteiger partial charge on any atom is -0.507 e. The average Bonchev–Trinajstić information content (AvgIpc) is 2.32. The zero-order chi connectivity index (χ0) is 12.3. The molecule has 86 valence electrons. The van der Waals surface area contributed by atoms with Crippen molar-refractivity contribution in [1.29, 1.82) is 0 Å². The number of carboxylic acid groups (broad SMARTS) is 1. The summed E-state index contributed by atoms with van der Waals surface area (Å²) in [5, 5.41) is 18.5. The average molecular weight is 228 g/mol.